The first-order chi connectivity index (χ1) is 15.2. The lowest BCUT2D eigenvalue weighted by Crippen LogP contribution is -2.13. The fourth-order valence-electron chi connectivity index (χ4n) is 3.77. The fraction of sp³-hybridized carbons (Fsp3) is 0.480. The molecule has 2 aromatic heterocycles. The Labute approximate surface area is 185 Å². The molecule has 0 radical (unpaired) electrons. The van der Waals surface area contributed by atoms with Crippen LogP contribution in [-0.4, -0.2) is 36.2 Å². The molecule has 1 N–H and O–H groups in total. The van der Waals surface area contributed by atoms with Gasteiger partial charge in [-0.2, -0.15) is 0 Å². The average Bonchev–Trinajstić information content (AvgIpc) is 2.80. The summed E-state index contributed by atoms with van der Waals surface area (Å²) in [5.74, 6) is 1.39. The maximum absolute atomic E-state index is 12.0. The van der Waals surface area contributed by atoms with Crippen LogP contribution < -0.4 is 10.1 Å². The average molecular weight is 424 g/mol. The molecule has 0 aliphatic carbocycles. The third kappa shape index (κ3) is 7.09. The highest BCUT2D eigenvalue weighted by Crippen LogP contribution is 2.24. The molecule has 6 nitrogen and oxygen atoms in total. The Kier molecular flexibility index (Phi) is 8.88. The van der Waals surface area contributed by atoms with Crippen LogP contribution in [0.2, 0.25) is 0 Å². The Balaban J connectivity index is 1.49. The van der Waals surface area contributed by atoms with E-state index in [2.05, 4.69) is 34.6 Å². The van der Waals surface area contributed by atoms with Crippen molar-refractivity contribution in [1.29, 1.82) is 0 Å². The lowest BCUT2D eigenvalue weighted by Gasteiger charge is -2.17. The second kappa shape index (κ2) is 12.1. The second-order valence-corrected chi connectivity index (χ2v) is 7.76. The molecule has 3 rings (SSSR count). The lowest BCUT2D eigenvalue weighted by molar-refractivity contribution is -0.143. The van der Waals surface area contributed by atoms with E-state index in [1.54, 1.807) is 13.3 Å². The standard InChI is InChI=1S/C25H33N3O3/c1-3-31-24(29)17-20(21-13-15-23(30-2)27-18-21)9-6-4-5-7-11-22-14-12-19-10-8-16-26-25(19)28-22/h6,9,12-15,18,20H,3-5,7-8,10-11,16-17H2,1-2H3,(H,26,28)/b9-6+/t20-/m0/s1. The van der Waals surface area contributed by atoms with Crippen molar-refractivity contribution in [2.75, 3.05) is 25.6 Å². The molecule has 31 heavy (non-hydrogen) atoms. The number of pyridine rings is 2. The number of methoxy groups -OCH3 is 1. The van der Waals surface area contributed by atoms with Crippen molar-refractivity contribution < 1.29 is 14.3 Å². The number of esters is 1. The van der Waals surface area contributed by atoms with E-state index in [1.807, 2.05) is 19.1 Å². The quantitative estimate of drug-likeness (QED) is 0.316. The number of ether oxygens (including phenoxy) is 2. The number of aryl methyl sites for hydroxylation is 2. The van der Waals surface area contributed by atoms with E-state index in [4.69, 9.17) is 14.5 Å². The largest absolute Gasteiger partial charge is 0.481 e. The molecule has 6 heteroatoms. The Morgan fingerprint density at radius 2 is 2.16 bits per heavy atom. The Bertz CT molecular complexity index is 865. The summed E-state index contributed by atoms with van der Waals surface area (Å²) < 4.78 is 10.3. The maximum Gasteiger partial charge on any atom is 0.306 e. The molecule has 166 valence electrons. The van der Waals surface area contributed by atoms with Crippen molar-refractivity contribution in [3.63, 3.8) is 0 Å². The molecule has 0 saturated heterocycles. The molecule has 0 amide bonds. The number of nitrogens with zero attached hydrogens (tertiary/aromatic N) is 2. The summed E-state index contributed by atoms with van der Waals surface area (Å²) in [7, 11) is 1.59. The topological polar surface area (TPSA) is 73.3 Å². The van der Waals surface area contributed by atoms with Crippen LogP contribution >= 0.6 is 0 Å². The number of unbranched alkanes of at least 4 members (excludes halogenated alkanes) is 2. The molecule has 0 spiro atoms. The minimum atomic E-state index is -0.194. The van der Waals surface area contributed by atoms with Crippen molar-refractivity contribution in [2.45, 2.75) is 57.8 Å². The van der Waals surface area contributed by atoms with Gasteiger partial charge in [0.15, 0.2) is 0 Å². The number of nitrogens with one attached hydrogen (secondary N) is 1. The van der Waals surface area contributed by atoms with E-state index in [0.29, 0.717) is 18.9 Å². The first kappa shape index (κ1) is 22.8. The molecule has 0 saturated carbocycles. The highest BCUT2D eigenvalue weighted by atomic mass is 16.5. The summed E-state index contributed by atoms with van der Waals surface area (Å²) in [6, 6.07) is 8.15. The van der Waals surface area contributed by atoms with Crippen LogP contribution in [0.1, 0.15) is 61.8 Å². The zero-order valence-electron chi connectivity index (χ0n) is 18.6. The van der Waals surface area contributed by atoms with Crippen molar-refractivity contribution in [3.8, 4) is 5.88 Å². The van der Waals surface area contributed by atoms with Crippen LogP contribution in [0.25, 0.3) is 0 Å². The molecular weight excluding hydrogens is 390 g/mol. The third-order valence-corrected chi connectivity index (χ3v) is 5.46. The first-order valence-electron chi connectivity index (χ1n) is 11.2. The van der Waals surface area contributed by atoms with Gasteiger partial charge in [0.05, 0.1) is 20.1 Å². The first-order valence-corrected chi connectivity index (χ1v) is 11.2. The molecule has 1 aliphatic rings. The number of aromatic nitrogens is 2. The van der Waals surface area contributed by atoms with Gasteiger partial charge in [0, 0.05) is 30.4 Å². The van der Waals surface area contributed by atoms with Crippen LogP contribution in [-0.2, 0) is 22.4 Å². The Morgan fingerprint density at radius 1 is 1.26 bits per heavy atom. The Hall–Kier alpha value is -2.89. The van der Waals surface area contributed by atoms with Gasteiger partial charge in [-0.25, -0.2) is 9.97 Å². The summed E-state index contributed by atoms with van der Waals surface area (Å²) >= 11 is 0. The molecule has 0 fully saturated rings. The highest BCUT2D eigenvalue weighted by molar-refractivity contribution is 5.71. The number of hydrogen-bond acceptors (Lipinski definition) is 6. The predicted molar refractivity (Wildman–Crippen MR) is 123 cm³/mol. The van der Waals surface area contributed by atoms with E-state index in [-0.39, 0.29) is 11.9 Å². The van der Waals surface area contributed by atoms with Gasteiger partial charge in [-0.15, -0.1) is 0 Å². The molecule has 1 aliphatic heterocycles. The highest BCUT2D eigenvalue weighted by Gasteiger charge is 2.15. The van der Waals surface area contributed by atoms with Crippen molar-refractivity contribution in [1.82, 2.24) is 9.97 Å². The normalized spacial score (nSPS) is 14.0. The van der Waals surface area contributed by atoms with Gasteiger partial charge in [-0.3, -0.25) is 4.79 Å². The van der Waals surface area contributed by atoms with Crippen LogP contribution in [0.5, 0.6) is 5.88 Å². The zero-order valence-corrected chi connectivity index (χ0v) is 18.6. The monoisotopic (exact) mass is 423 g/mol. The van der Waals surface area contributed by atoms with Crippen molar-refractivity contribution in [2.24, 2.45) is 0 Å². The maximum atomic E-state index is 12.0. The number of carbonyl (C=O) groups is 1. The van der Waals surface area contributed by atoms with Gasteiger partial charge < -0.3 is 14.8 Å². The summed E-state index contributed by atoms with van der Waals surface area (Å²) in [5, 5.41) is 3.40. The number of fused-ring (bicyclic) bond motifs is 1. The van der Waals surface area contributed by atoms with Crippen molar-refractivity contribution >= 4 is 11.8 Å². The smallest absolute Gasteiger partial charge is 0.306 e. The third-order valence-electron chi connectivity index (χ3n) is 5.46. The molecule has 2 aromatic rings. The number of allylic oxidation sites excluding steroid dienone is 2. The van der Waals surface area contributed by atoms with E-state index in [9.17, 15) is 4.79 Å². The van der Waals surface area contributed by atoms with Gasteiger partial charge in [0.25, 0.3) is 0 Å². The number of anilines is 1. The minimum absolute atomic E-state index is 0.0501. The van der Waals surface area contributed by atoms with Crippen molar-refractivity contribution in [3.05, 3.63) is 59.4 Å². The van der Waals surface area contributed by atoms with Crippen LogP contribution in [0.15, 0.2) is 42.6 Å². The molecule has 1 atom stereocenters. The number of carbonyl (C=O) groups excluding carboxylic acids is 1. The molecule has 0 unspecified atom stereocenters. The van der Waals surface area contributed by atoms with Gasteiger partial charge >= 0.3 is 5.97 Å². The van der Waals surface area contributed by atoms with E-state index < -0.39 is 0 Å². The summed E-state index contributed by atoms with van der Waals surface area (Å²) in [6.07, 6.45) is 12.8. The van der Waals surface area contributed by atoms with Gasteiger partial charge in [-0.1, -0.05) is 24.3 Å². The van der Waals surface area contributed by atoms with E-state index in [1.165, 1.54) is 12.0 Å². The van der Waals surface area contributed by atoms with E-state index >= 15 is 0 Å². The summed E-state index contributed by atoms with van der Waals surface area (Å²) in [6.45, 7) is 3.23. The van der Waals surface area contributed by atoms with Gasteiger partial charge in [0.1, 0.15) is 5.82 Å². The van der Waals surface area contributed by atoms with Crippen LogP contribution in [0.3, 0.4) is 0 Å². The zero-order chi connectivity index (χ0) is 21.9. The minimum Gasteiger partial charge on any atom is -0.481 e. The van der Waals surface area contributed by atoms with Gasteiger partial charge in [-0.05, 0) is 62.6 Å². The number of hydrogen-bond donors (Lipinski definition) is 1. The predicted octanol–water partition coefficient (Wildman–Crippen LogP) is 4.85. The molecule has 0 aromatic carbocycles. The lowest BCUT2D eigenvalue weighted by atomic mass is 9.96. The van der Waals surface area contributed by atoms with Gasteiger partial charge in [0.2, 0.25) is 5.88 Å². The second-order valence-electron chi connectivity index (χ2n) is 7.76. The summed E-state index contributed by atoms with van der Waals surface area (Å²) in [4.78, 5) is 21.1. The summed E-state index contributed by atoms with van der Waals surface area (Å²) in [5.41, 5.74) is 3.47. The Morgan fingerprint density at radius 3 is 2.94 bits per heavy atom. The fourth-order valence-corrected chi connectivity index (χ4v) is 3.77. The molecular formula is C25H33N3O3. The van der Waals surface area contributed by atoms with Crippen LogP contribution in [0.4, 0.5) is 5.82 Å². The molecule has 0 bridgehead atoms. The van der Waals surface area contributed by atoms with E-state index in [0.717, 1.165) is 55.7 Å². The number of rotatable bonds is 11. The van der Waals surface area contributed by atoms with Crippen LogP contribution in [0, 0.1) is 0 Å². The SMILES string of the molecule is CCOC(=O)C[C@H](/C=C/CCCCc1ccc2c(n1)NCCC2)c1ccc(OC)nc1. The molecule has 3 heterocycles.